The van der Waals surface area contributed by atoms with E-state index in [1.54, 1.807) is 25.4 Å². The molecule has 2 unspecified atom stereocenters. The monoisotopic (exact) mass is 414 g/mol. The lowest BCUT2D eigenvalue weighted by Gasteiger charge is -2.47. The molecule has 0 radical (unpaired) electrons. The fourth-order valence-electron chi connectivity index (χ4n) is 4.20. The number of carbonyl (C=O) groups excluding carboxylic acids is 1. The molecule has 2 aliphatic rings. The predicted octanol–water partition coefficient (Wildman–Crippen LogP) is 3.28. The van der Waals surface area contributed by atoms with Crippen molar-refractivity contribution in [2.45, 2.75) is 24.3 Å². The van der Waals surface area contributed by atoms with E-state index in [1.165, 1.54) is 35.1 Å². The van der Waals surface area contributed by atoms with Gasteiger partial charge in [0.05, 0.1) is 6.20 Å². The highest BCUT2D eigenvalue weighted by atomic mass is 32.2. The number of benzene rings is 1. The lowest BCUT2D eigenvalue weighted by atomic mass is 9.63. The van der Waals surface area contributed by atoms with Gasteiger partial charge in [0.25, 0.3) is 0 Å². The maximum atomic E-state index is 13.2. The van der Waals surface area contributed by atoms with Crippen LogP contribution in [0, 0.1) is 22.6 Å². The average molecular weight is 415 g/mol. The predicted molar refractivity (Wildman–Crippen MR) is 110 cm³/mol. The van der Waals surface area contributed by atoms with Gasteiger partial charge in [0, 0.05) is 43.2 Å². The summed E-state index contributed by atoms with van der Waals surface area (Å²) in [6.45, 7) is 1.47. The summed E-state index contributed by atoms with van der Waals surface area (Å²) in [6.07, 6.45) is 6.24. The van der Waals surface area contributed by atoms with Crippen molar-refractivity contribution < 1.29 is 9.18 Å². The summed E-state index contributed by atoms with van der Waals surface area (Å²) in [5.41, 5.74) is 2.04. The Kier molecular flexibility index (Phi) is 5.51. The van der Waals surface area contributed by atoms with Crippen molar-refractivity contribution in [3.8, 4) is 0 Å². The smallest absolute Gasteiger partial charge is 0.153 e. The zero-order valence-electron chi connectivity index (χ0n) is 16.1. The van der Waals surface area contributed by atoms with Crippen LogP contribution in [-0.4, -0.2) is 44.9 Å². The summed E-state index contributed by atoms with van der Waals surface area (Å²) < 4.78 is 15.4. The average Bonchev–Trinajstić information content (AvgIpc) is 3.14. The highest BCUT2D eigenvalue weighted by Gasteiger charge is 2.47. The molecule has 1 aromatic carbocycles. The fourth-order valence-corrected chi connectivity index (χ4v) is 5.21. The number of hydrogen-bond donors (Lipinski definition) is 2. The molecule has 9 heteroatoms. The number of aldehydes is 1. The standard InChI is InChI=1S/C20H23FN6OS/c1-26-23-11-19(25-26)29-27-7-6-15-8-18(24-17-4-2-16(21)3-5-17)14(10-22)9-20(15,12-27)13-28/h2-5,10-11,13,15,22,24H,6-9,12H2,1H3. The maximum Gasteiger partial charge on any atom is 0.153 e. The quantitative estimate of drug-likeness (QED) is 0.429. The van der Waals surface area contributed by atoms with Crippen molar-refractivity contribution in [3.05, 3.63) is 47.5 Å². The molecule has 1 fully saturated rings. The number of carbonyl (C=O) groups is 1. The van der Waals surface area contributed by atoms with E-state index in [2.05, 4.69) is 19.8 Å². The zero-order valence-corrected chi connectivity index (χ0v) is 17.0. The van der Waals surface area contributed by atoms with Crippen molar-refractivity contribution in [2.75, 3.05) is 18.4 Å². The Labute approximate surface area is 173 Å². The Morgan fingerprint density at radius 2 is 2.17 bits per heavy atom. The SMILES string of the molecule is Cn1ncc(SN2CCC3CC(Nc4ccc(F)cc4)=C(C=N)CC3(C=O)C2)n1. The van der Waals surface area contributed by atoms with Gasteiger partial charge in [-0.1, -0.05) is 0 Å². The molecule has 0 bridgehead atoms. The minimum absolute atomic E-state index is 0.199. The van der Waals surface area contributed by atoms with Crippen molar-refractivity contribution >= 4 is 30.1 Å². The Balaban J connectivity index is 1.54. The van der Waals surface area contributed by atoms with E-state index >= 15 is 0 Å². The van der Waals surface area contributed by atoms with Gasteiger partial charge in [0.1, 0.15) is 12.1 Å². The molecule has 1 aliphatic heterocycles. The van der Waals surface area contributed by atoms with Gasteiger partial charge in [-0.05, 0) is 67.0 Å². The van der Waals surface area contributed by atoms with Crippen LogP contribution >= 0.6 is 11.9 Å². The van der Waals surface area contributed by atoms with Crippen LogP contribution in [0.25, 0.3) is 0 Å². The molecule has 2 heterocycles. The molecule has 0 spiro atoms. The van der Waals surface area contributed by atoms with E-state index in [-0.39, 0.29) is 11.7 Å². The summed E-state index contributed by atoms with van der Waals surface area (Å²) in [7, 11) is 1.78. The molecule has 1 aliphatic carbocycles. The zero-order chi connectivity index (χ0) is 20.4. The van der Waals surface area contributed by atoms with Crippen LogP contribution in [0.4, 0.5) is 10.1 Å². The second-order valence-electron chi connectivity index (χ2n) is 7.62. The molecule has 152 valence electrons. The van der Waals surface area contributed by atoms with Gasteiger partial charge in [0.15, 0.2) is 5.03 Å². The molecule has 2 aromatic rings. The van der Waals surface area contributed by atoms with Gasteiger partial charge < -0.3 is 15.5 Å². The number of nitrogens with zero attached hydrogens (tertiary/aromatic N) is 4. The van der Waals surface area contributed by atoms with E-state index in [0.717, 1.165) is 41.2 Å². The third-order valence-corrected chi connectivity index (χ3v) is 6.66. The van der Waals surface area contributed by atoms with E-state index in [9.17, 15) is 9.18 Å². The Hall–Kier alpha value is -2.52. The van der Waals surface area contributed by atoms with Gasteiger partial charge in [-0.2, -0.15) is 9.90 Å². The minimum atomic E-state index is -0.520. The summed E-state index contributed by atoms with van der Waals surface area (Å²) in [4.78, 5) is 13.8. The van der Waals surface area contributed by atoms with Crippen LogP contribution in [0.1, 0.15) is 19.3 Å². The van der Waals surface area contributed by atoms with E-state index in [4.69, 9.17) is 5.41 Å². The first kappa shape index (κ1) is 19.8. The van der Waals surface area contributed by atoms with Crippen LogP contribution in [0.3, 0.4) is 0 Å². The normalized spacial score (nSPS) is 24.8. The Morgan fingerprint density at radius 1 is 1.38 bits per heavy atom. The summed E-state index contributed by atoms with van der Waals surface area (Å²) in [5.74, 6) is -0.0845. The number of piperidine rings is 1. The number of aromatic nitrogens is 3. The number of fused-ring (bicyclic) bond motifs is 1. The van der Waals surface area contributed by atoms with Gasteiger partial charge >= 0.3 is 0 Å². The van der Waals surface area contributed by atoms with Gasteiger partial charge in [-0.25, -0.2) is 8.70 Å². The van der Waals surface area contributed by atoms with E-state index in [0.29, 0.717) is 19.4 Å². The second kappa shape index (κ2) is 8.08. The third-order valence-electron chi connectivity index (χ3n) is 5.72. The van der Waals surface area contributed by atoms with Crippen molar-refractivity contribution in [3.63, 3.8) is 0 Å². The number of halogens is 1. The molecule has 0 amide bonds. The van der Waals surface area contributed by atoms with Gasteiger partial charge in [-0.15, -0.1) is 5.10 Å². The van der Waals surface area contributed by atoms with Crippen molar-refractivity contribution in [1.29, 1.82) is 5.41 Å². The van der Waals surface area contributed by atoms with E-state index in [1.807, 2.05) is 0 Å². The summed E-state index contributed by atoms with van der Waals surface area (Å²) >= 11 is 1.52. The Bertz CT molecular complexity index is 943. The van der Waals surface area contributed by atoms with Crippen molar-refractivity contribution in [2.24, 2.45) is 18.4 Å². The topological polar surface area (TPSA) is 86.9 Å². The molecule has 7 nitrogen and oxygen atoms in total. The molecule has 0 saturated carbocycles. The van der Waals surface area contributed by atoms with Gasteiger partial charge in [0.2, 0.25) is 0 Å². The summed E-state index contributed by atoms with van der Waals surface area (Å²) in [5, 5.41) is 20.5. The minimum Gasteiger partial charge on any atom is -0.359 e. The first-order valence-corrected chi connectivity index (χ1v) is 10.3. The van der Waals surface area contributed by atoms with E-state index < -0.39 is 5.41 Å². The van der Waals surface area contributed by atoms with Crippen LogP contribution in [0.15, 0.2) is 46.8 Å². The highest BCUT2D eigenvalue weighted by molar-refractivity contribution is 7.97. The van der Waals surface area contributed by atoms with Gasteiger partial charge in [-0.3, -0.25) is 0 Å². The molecular formula is C20H23FN6OS. The lowest BCUT2D eigenvalue weighted by Crippen LogP contribution is -2.50. The molecule has 1 saturated heterocycles. The first-order valence-electron chi connectivity index (χ1n) is 9.52. The first-order chi connectivity index (χ1) is 14.0. The van der Waals surface area contributed by atoms with Crippen LogP contribution < -0.4 is 5.32 Å². The summed E-state index contributed by atoms with van der Waals surface area (Å²) in [6, 6.07) is 6.19. The molecular weight excluding hydrogens is 391 g/mol. The van der Waals surface area contributed by atoms with Crippen LogP contribution in [0.2, 0.25) is 0 Å². The second-order valence-corrected chi connectivity index (χ2v) is 8.74. The molecule has 29 heavy (non-hydrogen) atoms. The molecule has 2 N–H and O–H groups in total. The number of hydrogen-bond acceptors (Lipinski definition) is 7. The van der Waals surface area contributed by atoms with Crippen LogP contribution in [-0.2, 0) is 11.8 Å². The number of nitrogens with one attached hydrogen (secondary N) is 2. The lowest BCUT2D eigenvalue weighted by molar-refractivity contribution is -0.121. The largest absolute Gasteiger partial charge is 0.359 e. The fraction of sp³-hybridized carbons (Fsp3) is 0.400. The molecule has 4 rings (SSSR count). The Morgan fingerprint density at radius 3 is 2.83 bits per heavy atom. The van der Waals surface area contributed by atoms with Crippen LogP contribution in [0.5, 0.6) is 0 Å². The third kappa shape index (κ3) is 4.11. The number of anilines is 1. The molecule has 1 aromatic heterocycles. The maximum absolute atomic E-state index is 13.2. The number of rotatable bonds is 6. The number of aryl methyl sites for hydroxylation is 1. The highest BCUT2D eigenvalue weighted by Crippen LogP contribution is 2.48. The molecule has 2 atom stereocenters. The van der Waals surface area contributed by atoms with Crippen molar-refractivity contribution in [1.82, 2.24) is 19.3 Å². The number of allylic oxidation sites excluding steroid dienone is 2.